The van der Waals surface area contributed by atoms with Gasteiger partial charge in [0.15, 0.2) is 0 Å². The predicted octanol–water partition coefficient (Wildman–Crippen LogP) is 3.53. The molecule has 2 rings (SSSR count). The molecule has 0 aliphatic rings. The van der Waals surface area contributed by atoms with Crippen LogP contribution in [0, 0.1) is 5.92 Å². The van der Waals surface area contributed by atoms with Crippen LogP contribution in [-0.4, -0.2) is 24.3 Å². The minimum atomic E-state index is -0.468. The van der Waals surface area contributed by atoms with Crippen LogP contribution in [0.1, 0.15) is 54.3 Å². The van der Waals surface area contributed by atoms with Crippen molar-refractivity contribution in [1.29, 1.82) is 0 Å². The summed E-state index contributed by atoms with van der Waals surface area (Å²) in [5.41, 5.74) is 6.09. The van der Waals surface area contributed by atoms with Gasteiger partial charge in [-0.1, -0.05) is 32.9 Å². The first-order valence-corrected chi connectivity index (χ1v) is 9.63. The van der Waals surface area contributed by atoms with Crippen LogP contribution in [0.2, 0.25) is 0 Å². The van der Waals surface area contributed by atoms with Crippen molar-refractivity contribution in [1.82, 2.24) is 10.9 Å². The third kappa shape index (κ3) is 6.95. The number of ether oxygens (including phenoxy) is 1. The number of rotatable bonds is 8. The molecule has 0 spiro atoms. The fourth-order valence-electron chi connectivity index (χ4n) is 2.39. The van der Waals surface area contributed by atoms with Gasteiger partial charge in [0, 0.05) is 17.7 Å². The molecule has 7 nitrogen and oxygen atoms in total. The molecule has 0 aliphatic carbocycles. The number of hydrogen-bond acceptors (Lipinski definition) is 4. The Morgan fingerprint density at radius 2 is 1.59 bits per heavy atom. The molecule has 154 valence electrons. The van der Waals surface area contributed by atoms with Gasteiger partial charge in [-0.3, -0.25) is 25.2 Å². The number of anilines is 1. The Kier molecular flexibility index (Phi) is 8.21. The highest BCUT2D eigenvalue weighted by Crippen LogP contribution is 2.18. The lowest BCUT2D eigenvalue weighted by atomic mass is 10.1. The van der Waals surface area contributed by atoms with Crippen LogP contribution >= 0.6 is 0 Å². The van der Waals surface area contributed by atoms with E-state index in [-0.39, 0.29) is 5.91 Å². The van der Waals surface area contributed by atoms with Crippen LogP contribution in [-0.2, 0) is 4.79 Å². The fraction of sp³-hybridized carbons (Fsp3) is 0.318. The van der Waals surface area contributed by atoms with Crippen molar-refractivity contribution in [3.63, 3.8) is 0 Å². The molecule has 2 aromatic carbocycles. The number of carbonyl (C=O) groups is 3. The lowest BCUT2D eigenvalue weighted by Gasteiger charge is -2.13. The first-order valence-electron chi connectivity index (χ1n) is 9.63. The lowest BCUT2D eigenvalue weighted by Crippen LogP contribution is -2.41. The first-order chi connectivity index (χ1) is 13.9. The summed E-state index contributed by atoms with van der Waals surface area (Å²) in [5, 5.41) is 2.70. The van der Waals surface area contributed by atoms with E-state index in [4.69, 9.17) is 4.74 Å². The van der Waals surface area contributed by atoms with Crippen LogP contribution in [0.25, 0.3) is 0 Å². The molecule has 7 heteroatoms. The second kappa shape index (κ2) is 10.8. The van der Waals surface area contributed by atoms with Crippen molar-refractivity contribution in [2.75, 3.05) is 11.9 Å². The lowest BCUT2D eigenvalue weighted by molar-refractivity contribution is -0.115. The van der Waals surface area contributed by atoms with Crippen LogP contribution in [0.15, 0.2) is 48.5 Å². The SMILES string of the molecule is CCC(=O)Nc1ccc(C(=O)NNC(=O)c2ccccc2OCCC(C)C)cc1. The van der Waals surface area contributed by atoms with Crippen LogP contribution in [0.3, 0.4) is 0 Å². The fourth-order valence-corrected chi connectivity index (χ4v) is 2.39. The molecule has 29 heavy (non-hydrogen) atoms. The molecule has 2 aromatic rings. The average Bonchev–Trinajstić information content (AvgIpc) is 2.72. The number of para-hydroxylation sites is 1. The molecule has 3 N–H and O–H groups in total. The van der Waals surface area contributed by atoms with Gasteiger partial charge in [0.05, 0.1) is 12.2 Å². The van der Waals surface area contributed by atoms with Crippen LogP contribution < -0.4 is 20.9 Å². The second-order valence-electron chi connectivity index (χ2n) is 6.91. The number of hydrazine groups is 1. The molecular formula is C22H27N3O4. The van der Waals surface area contributed by atoms with Gasteiger partial charge in [0.1, 0.15) is 5.75 Å². The van der Waals surface area contributed by atoms with Crippen molar-refractivity contribution in [2.45, 2.75) is 33.6 Å². The molecule has 0 atom stereocenters. The summed E-state index contributed by atoms with van der Waals surface area (Å²) in [7, 11) is 0. The van der Waals surface area contributed by atoms with Gasteiger partial charge in [0.2, 0.25) is 5.91 Å². The first kappa shape index (κ1) is 21.9. The van der Waals surface area contributed by atoms with E-state index in [1.807, 2.05) is 0 Å². The molecular weight excluding hydrogens is 370 g/mol. The summed E-state index contributed by atoms with van der Waals surface area (Å²) in [6.45, 7) is 6.46. The maximum Gasteiger partial charge on any atom is 0.273 e. The Bertz CT molecular complexity index is 847. The van der Waals surface area contributed by atoms with Crippen LogP contribution in [0.4, 0.5) is 5.69 Å². The summed E-state index contributed by atoms with van der Waals surface area (Å²) in [4.78, 5) is 36.1. The molecule has 0 saturated heterocycles. The molecule has 0 bridgehead atoms. The summed E-state index contributed by atoms with van der Waals surface area (Å²) in [6.07, 6.45) is 1.25. The minimum Gasteiger partial charge on any atom is -0.493 e. The third-order valence-corrected chi connectivity index (χ3v) is 4.13. The topological polar surface area (TPSA) is 96.5 Å². The zero-order chi connectivity index (χ0) is 21.2. The third-order valence-electron chi connectivity index (χ3n) is 4.13. The van der Waals surface area contributed by atoms with Crippen molar-refractivity contribution in [3.05, 3.63) is 59.7 Å². The quantitative estimate of drug-likeness (QED) is 0.594. The van der Waals surface area contributed by atoms with Gasteiger partial charge in [-0.25, -0.2) is 0 Å². The van der Waals surface area contributed by atoms with E-state index in [0.29, 0.717) is 41.5 Å². The van der Waals surface area contributed by atoms with Crippen molar-refractivity contribution >= 4 is 23.4 Å². The maximum atomic E-state index is 12.5. The largest absolute Gasteiger partial charge is 0.493 e. The highest BCUT2D eigenvalue weighted by molar-refractivity contribution is 6.00. The Balaban J connectivity index is 1.93. The minimum absolute atomic E-state index is 0.108. The highest BCUT2D eigenvalue weighted by Gasteiger charge is 2.14. The number of nitrogens with one attached hydrogen (secondary N) is 3. The normalized spacial score (nSPS) is 10.3. The van der Waals surface area contributed by atoms with Gasteiger partial charge in [-0.15, -0.1) is 0 Å². The van der Waals surface area contributed by atoms with Gasteiger partial charge in [-0.05, 0) is 48.7 Å². The zero-order valence-corrected chi connectivity index (χ0v) is 17.0. The summed E-state index contributed by atoms with van der Waals surface area (Å²) in [6, 6.07) is 13.3. The number of amides is 3. The second-order valence-corrected chi connectivity index (χ2v) is 6.91. The van der Waals surface area contributed by atoms with E-state index in [9.17, 15) is 14.4 Å². The molecule has 0 aromatic heterocycles. The van der Waals surface area contributed by atoms with E-state index >= 15 is 0 Å². The van der Waals surface area contributed by atoms with E-state index < -0.39 is 11.8 Å². The predicted molar refractivity (Wildman–Crippen MR) is 112 cm³/mol. The molecule has 3 amide bonds. The van der Waals surface area contributed by atoms with Crippen LogP contribution in [0.5, 0.6) is 5.75 Å². The molecule has 0 fully saturated rings. The number of benzene rings is 2. The molecule has 0 aliphatic heterocycles. The molecule has 0 radical (unpaired) electrons. The van der Waals surface area contributed by atoms with E-state index in [1.165, 1.54) is 0 Å². The van der Waals surface area contributed by atoms with Crippen molar-refractivity contribution < 1.29 is 19.1 Å². The Morgan fingerprint density at radius 3 is 2.24 bits per heavy atom. The van der Waals surface area contributed by atoms with Crippen molar-refractivity contribution in [2.24, 2.45) is 5.92 Å². The van der Waals surface area contributed by atoms with Gasteiger partial charge in [0.25, 0.3) is 11.8 Å². The Morgan fingerprint density at radius 1 is 0.931 bits per heavy atom. The standard InChI is InChI=1S/C22H27N3O4/c1-4-20(26)23-17-11-9-16(10-12-17)21(27)24-25-22(28)18-7-5-6-8-19(18)29-14-13-15(2)3/h5-12,15H,4,13-14H2,1-3H3,(H,23,26)(H,24,27)(H,25,28). The number of hydrogen-bond donors (Lipinski definition) is 3. The Labute approximate surface area is 170 Å². The van der Waals surface area contributed by atoms with E-state index in [2.05, 4.69) is 30.0 Å². The van der Waals surface area contributed by atoms with Gasteiger partial charge >= 0.3 is 0 Å². The van der Waals surface area contributed by atoms with Gasteiger partial charge in [-0.2, -0.15) is 0 Å². The Hall–Kier alpha value is -3.35. The van der Waals surface area contributed by atoms with E-state index in [1.54, 1.807) is 55.5 Å². The van der Waals surface area contributed by atoms with E-state index in [0.717, 1.165) is 6.42 Å². The molecule has 0 heterocycles. The van der Waals surface area contributed by atoms with Gasteiger partial charge < -0.3 is 10.1 Å². The number of carbonyl (C=O) groups excluding carboxylic acids is 3. The maximum absolute atomic E-state index is 12.5. The monoisotopic (exact) mass is 397 g/mol. The summed E-state index contributed by atoms with van der Waals surface area (Å²) >= 11 is 0. The van der Waals surface area contributed by atoms with Crippen molar-refractivity contribution in [3.8, 4) is 5.75 Å². The molecule has 0 unspecified atom stereocenters. The average molecular weight is 397 g/mol. The highest BCUT2D eigenvalue weighted by atomic mass is 16.5. The molecule has 0 saturated carbocycles. The summed E-state index contributed by atoms with van der Waals surface area (Å²) < 4.78 is 5.71. The smallest absolute Gasteiger partial charge is 0.273 e. The summed E-state index contributed by atoms with van der Waals surface area (Å²) in [5.74, 6) is -0.0770. The zero-order valence-electron chi connectivity index (χ0n) is 17.0.